The summed E-state index contributed by atoms with van der Waals surface area (Å²) < 4.78 is 0. The summed E-state index contributed by atoms with van der Waals surface area (Å²) in [6, 6.07) is 4.22. The first-order valence-corrected chi connectivity index (χ1v) is 7.15. The van der Waals surface area contributed by atoms with E-state index >= 15 is 0 Å². The minimum atomic E-state index is 1.08. The Morgan fingerprint density at radius 2 is 2.31 bits per heavy atom. The molecule has 0 spiro atoms. The van der Waals surface area contributed by atoms with Crippen LogP contribution in [0.25, 0.3) is 9.88 Å². The molecule has 0 aromatic carbocycles. The summed E-state index contributed by atoms with van der Waals surface area (Å²) >= 11 is 3.60. The molecule has 2 aromatic heterocycles. The lowest BCUT2D eigenvalue weighted by atomic mass is 10.2. The number of thiophene rings is 1. The smallest absolute Gasteiger partial charge is 0.133 e. The number of hydrogen-bond donors (Lipinski definition) is 1. The van der Waals surface area contributed by atoms with Crippen molar-refractivity contribution < 1.29 is 0 Å². The highest BCUT2D eigenvalue weighted by molar-refractivity contribution is 7.21. The Bertz CT molecular complexity index is 432. The van der Waals surface area contributed by atoms with Gasteiger partial charge < -0.3 is 5.32 Å². The maximum atomic E-state index is 4.64. The number of rotatable bonds is 5. The Morgan fingerprint density at radius 1 is 1.44 bits per heavy atom. The molecule has 0 radical (unpaired) electrons. The van der Waals surface area contributed by atoms with Crippen molar-refractivity contribution in [2.24, 2.45) is 0 Å². The monoisotopic (exact) mass is 252 g/mol. The molecule has 4 heteroatoms. The molecule has 0 aliphatic heterocycles. The summed E-state index contributed by atoms with van der Waals surface area (Å²) in [7, 11) is 2.00. The van der Waals surface area contributed by atoms with Gasteiger partial charge in [0.05, 0.1) is 10.6 Å². The minimum absolute atomic E-state index is 1.08. The predicted octanol–water partition coefficient (Wildman–Crippen LogP) is 3.33. The van der Waals surface area contributed by atoms with Crippen LogP contribution in [-0.4, -0.2) is 18.6 Å². The van der Waals surface area contributed by atoms with Gasteiger partial charge in [0.2, 0.25) is 0 Å². The Balaban J connectivity index is 2.10. The fourth-order valence-corrected chi connectivity index (χ4v) is 3.49. The van der Waals surface area contributed by atoms with Crippen LogP contribution >= 0.6 is 22.7 Å². The molecule has 0 amide bonds. The second kappa shape index (κ2) is 5.57. The summed E-state index contributed by atoms with van der Waals surface area (Å²) in [6.45, 7) is 3.19. The molecule has 0 atom stereocenters. The average Bonchev–Trinajstić information content (AvgIpc) is 2.88. The molecule has 16 heavy (non-hydrogen) atoms. The van der Waals surface area contributed by atoms with E-state index in [0.717, 1.165) is 13.0 Å². The van der Waals surface area contributed by atoms with E-state index in [0.29, 0.717) is 0 Å². The SMILES string of the molecule is CNCCCc1sc(-c2cccs2)nc1C. The highest BCUT2D eigenvalue weighted by Gasteiger charge is 2.09. The Hall–Kier alpha value is -0.710. The number of aromatic nitrogens is 1. The topological polar surface area (TPSA) is 24.9 Å². The van der Waals surface area contributed by atoms with E-state index in [9.17, 15) is 0 Å². The number of aryl methyl sites for hydroxylation is 2. The van der Waals surface area contributed by atoms with Gasteiger partial charge in [-0.2, -0.15) is 0 Å². The summed E-state index contributed by atoms with van der Waals surface area (Å²) in [6.07, 6.45) is 2.32. The first-order chi connectivity index (χ1) is 7.81. The maximum absolute atomic E-state index is 4.64. The fraction of sp³-hybridized carbons (Fsp3) is 0.417. The first-order valence-electron chi connectivity index (χ1n) is 5.46. The molecular formula is C12H16N2S2. The lowest BCUT2D eigenvalue weighted by molar-refractivity contribution is 0.727. The van der Waals surface area contributed by atoms with Crippen LogP contribution in [0.3, 0.4) is 0 Å². The highest BCUT2D eigenvalue weighted by atomic mass is 32.1. The van der Waals surface area contributed by atoms with Crippen molar-refractivity contribution in [1.82, 2.24) is 10.3 Å². The van der Waals surface area contributed by atoms with Crippen molar-refractivity contribution >= 4 is 22.7 Å². The molecule has 2 rings (SSSR count). The van der Waals surface area contributed by atoms with Gasteiger partial charge in [-0.3, -0.25) is 0 Å². The van der Waals surface area contributed by atoms with E-state index < -0.39 is 0 Å². The second-order valence-electron chi connectivity index (χ2n) is 3.71. The first kappa shape index (κ1) is 11.8. The largest absolute Gasteiger partial charge is 0.320 e. The van der Waals surface area contributed by atoms with E-state index in [4.69, 9.17) is 0 Å². The zero-order valence-electron chi connectivity index (χ0n) is 9.62. The van der Waals surface area contributed by atoms with Crippen molar-refractivity contribution in [3.8, 4) is 9.88 Å². The maximum Gasteiger partial charge on any atom is 0.133 e. The van der Waals surface area contributed by atoms with Gasteiger partial charge in [0.1, 0.15) is 5.01 Å². The van der Waals surface area contributed by atoms with Crippen molar-refractivity contribution in [3.05, 3.63) is 28.1 Å². The van der Waals surface area contributed by atoms with Gasteiger partial charge in [-0.1, -0.05) is 6.07 Å². The molecular weight excluding hydrogens is 236 g/mol. The minimum Gasteiger partial charge on any atom is -0.320 e. The Kier molecular flexibility index (Phi) is 4.09. The van der Waals surface area contributed by atoms with E-state index in [1.54, 1.807) is 11.3 Å². The van der Waals surface area contributed by atoms with Crippen molar-refractivity contribution in [1.29, 1.82) is 0 Å². The number of nitrogens with one attached hydrogen (secondary N) is 1. The molecule has 1 N–H and O–H groups in total. The molecule has 2 nitrogen and oxygen atoms in total. The lowest BCUT2D eigenvalue weighted by Crippen LogP contribution is -2.08. The number of nitrogens with zero attached hydrogens (tertiary/aromatic N) is 1. The number of hydrogen-bond acceptors (Lipinski definition) is 4. The average molecular weight is 252 g/mol. The zero-order valence-corrected chi connectivity index (χ0v) is 11.3. The molecule has 2 heterocycles. The van der Waals surface area contributed by atoms with Gasteiger partial charge in [-0.15, -0.1) is 22.7 Å². The second-order valence-corrected chi connectivity index (χ2v) is 5.74. The van der Waals surface area contributed by atoms with Crippen LogP contribution in [0, 0.1) is 6.92 Å². The predicted molar refractivity (Wildman–Crippen MR) is 72.4 cm³/mol. The summed E-state index contributed by atoms with van der Waals surface area (Å²) in [5, 5.41) is 6.46. The van der Waals surface area contributed by atoms with Gasteiger partial charge in [-0.25, -0.2) is 4.98 Å². The third kappa shape index (κ3) is 2.70. The zero-order chi connectivity index (χ0) is 11.4. The van der Waals surface area contributed by atoms with Gasteiger partial charge in [-0.05, 0) is 44.8 Å². The standard InChI is InChI=1S/C12H16N2S2/c1-9-10(5-3-7-13-2)16-12(14-9)11-6-4-8-15-11/h4,6,8,13H,3,5,7H2,1-2H3. The van der Waals surface area contributed by atoms with Crippen LogP contribution in [0.5, 0.6) is 0 Å². The molecule has 0 saturated heterocycles. The van der Waals surface area contributed by atoms with Crippen molar-refractivity contribution in [3.63, 3.8) is 0 Å². The summed E-state index contributed by atoms with van der Waals surface area (Å²) in [5.74, 6) is 0. The molecule has 0 fully saturated rings. The van der Waals surface area contributed by atoms with Crippen LogP contribution in [0.4, 0.5) is 0 Å². The molecule has 0 unspecified atom stereocenters. The number of thiazole rings is 1. The van der Waals surface area contributed by atoms with Gasteiger partial charge in [0.25, 0.3) is 0 Å². The van der Waals surface area contributed by atoms with E-state index in [1.165, 1.54) is 26.9 Å². The summed E-state index contributed by atoms with van der Waals surface area (Å²) in [5.41, 5.74) is 1.20. The van der Waals surface area contributed by atoms with Crippen LogP contribution in [0.1, 0.15) is 17.0 Å². The van der Waals surface area contributed by atoms with Crippen LogP contribution in [0.2, 0.25) is 0 Å². The fourth-order valence-electron chi connectivity index (χ4n) is 1.59. The van der Waals surface area contributed by atoms with E-state index in [-0.39, 0.29) is 0 Å². The third-order valence-electron chi connectivity index (χ3n) is 2.46. The molecule has 0 aliphatic carbocycles. The highest BCUT2D eigenvalue weighted by Crippen LogP contribution is 2.31. The van der Waals surface area contributed by atoms with Crippen molar-refractivity contribution in [2.45, 2.75) is 19.8 Å². The van der Waals surface area contributed by atoms with Gasteiger partial charge in [0.15, 0.2) is 0 Å². The lowest BCUT2D eigenvalue weighted by Gasteiger charge is -1.97. The normalized spacial score (nSPS) is 10.9. The van der Waals surface area contributed by atoms with Crippen LogP contribution < -0.4 is 5.32 Å². The van der Waals surface area contributed by atoms with E-state index in [2.05, 4.69) is 34.7 Å². The molecule has 0 bridgehead atoms. The molecule has 0 saturated carbocycles. The van der Waals surface area contributed by atoms with Gasteiger partial charge in [0, 0.05) is 4.88 Å². The molecule has 86 valence electrons. The molecule has 0 aliphatic rings. The van der Waals surface area contributed by atoms with E-state index in [1.807, 2.05) is 18.4 Å². The Morgan fingerprint density at radius 3 is 3.00 bits per heavy atom. The third-order valence-corrected chi connectivity index (χ3v) is 4.71. The quantitative estimate of drug-likeness (QED) is 0.826. The Labute approximate surface area is 104 Å². The van der Waals surface area contributed by atoms with Crippen LogP contribution in [0.15, 0.2) is 17.5 Å². The molecule has 2 aromatic rings. The van der Waals surface area contributed by atoms with Crippen molar-refractivity contribution in [2.75, 3.05) is 13.6 Å². The van der Waals surface area contributed by atoms with Gasteiger partial charge >= 0.3 is 0 Å². The van der Waals surface area contributed by atoms with Crippen LogP contribution in [-0.2, 0) is 6.42 Å². The summed E-state index contributed by atoms with van der Waals surface area (Å²) in [4.78, 5) is 7.35.